The first-order valence-electron chi connectivity index (χ1n) is 6.39. The Kier molecular flexibility index (Phi) is 3.10. The second-order valence-corrected chi connectivity index (χ2v) is 5.81. The molecule has 3 unspecified atom stereocenters. The van der Waals surface area contributed by atoms with Crippen LogP contribution in [0.3, 0.4) is 0 Å². The zero-order chi connectivity index (χ0) is 11.8. The van der Waals surface area contributed by atoms with Gasteiger partial charge in [-0.25, -0.2) is 4.39 Å². The average molecular weight is 254 g/mol. The van der Waals surface area contributed by atoms with E-state index in [0.29, 0.717) is 11.1 Å². The van der Waals surface area contributed by atoms with Gasteiger partial charge in [-0.3, -0.25) is 0 Å². The number of halogens is 2. The maximum absolute atomic E-state index is 12.9. The molecular weight excluding hydrogens is 237 g/mol. The summed E-state index contributed by atoms with van der Waals surface area (Å²) >= 11 is 6.01. The molecular formula is C14H17ClFN. The van der Waals surface area contributed by atoms with Crippen molar-refractivity contribution in [2.75, 3.05) is 0 Å². The number of hydrogen-bond donors (Lipinski definition) is 1. The van der Waals surface area contributed by atoms with Gasteiger partial charge in [0, 0.05) is 17.6 Å². The minimum Gasteiger partial charge on any atom is -0.310 e. The number of hydrogen-bond acceptors (Lipinski definition) is 1. The van der Waals surface area contributed by atoms with Crippen molar-refractivity contribution in [3.8, 4) is 0 Å². The molecule has 3 heteroatoms. The highest BCUT2D eigenvalue weighted by Gasteiger charge is 2.38. The van der Waals surface area contributed by atoms with Crippen LogP contribution in [0, 0.1) is 17.7 Å². The number of rotatable bonds is 3. The van der Waals surface area contributed by atoms with Crippen LogP contribution in [0.2, 0.25) is 5.02 Å². The van der Waals surface area contributed by atoms with E-state index in [1.54, 1.807) is 6.07 Å². The van der Waals surface area contributed by atoms with Crippen LogP contribution in [0.15, 0.2) is 18.2 Å². The topological polar surface area (TPSA) is 12.0 Å². The molecule has 0 amide bonds. The Morgan fingerprint density at radius 2 is 2.18 bits per heavy atom. The van der Waals surface area contributed by atoms with E-state index in [4.69, 9.17) is 11.6 Å². The van der Waals surface area contributed by atoms with Gasteiger partial charge in [-0.2, -0.15) is 0 Å². The maximum Gasteiger partial charge on any atom is 0.124 e. The minimum absolute atomic E-state index is 0.265. The zero-order valence-corrected chi connectivity index (χ0v) is 10.5. The lowest BCUT2D eigenvalue weighted by molar-refractivity contribution is 0.350. The van der Waals surface area contributed by atoms with E-state index in [0.717, 1.165) is 23.9 Å². The predicted molar refractivity (Wildman–Crippen MR) is 67.5 cm³/mol. The molecule has 1 aromatic rings. The van der Waals surface area contributed by atoms with Gasteiger partial charge in [0.15, 0.2) is 0 Å². The summed E-state index contributed by atoms with van der Waals surface area (Å²) in [5.74, 6) is 1.54. The standard InChI is InChI=1S/C14H17ClFN/c15-13-7-12(16)4-3-11(13)8-17-14-6-9-1-2-10(14)5-9/h3-4,7,9-10,14,17H,1-2,5-6,8H2. The van der Waals surface area contributed by atoms with Crippen molar-refractivity contribution in [1.82, 2.24) is 5.32 Å². The Bertz CT molecular complexity index is 421. The molecule has 2 saturated carbocycles. The van der Waals surface area contributed by atoms with Crippen molar-refractivity contribution in [1.29, 1.82) is 0 Å². The largest absolute Gasteiger partial charge is 0.310 e. The number of fused-ring (bicyclic) bond motifs is 2. The van der Waals surface area contributed by atoms with E-state index in [-0.39, 0.29) is 5.82 Å². The third-order valence-electron chi connectivity index (χ3n) is 4.31. The Labute approximate surface area is 106 Å². The molecule has 0 saturated heterocycles. The Hall–Kier alpha value is -0.600. The smallest absolute Gasteiger partial charge is 0.124 e. The first-order valence-corrected chi connectivity index (χ1v) is 6.77. The van der Waals surface area contributed by atoms with Gasteiger partial charge < -0.3 is 5.32 Å². The molecule has 0 radical (unpaired) electrons. The van der Waals surface area contributed by atoms with Crippen molar-refractivity contribution in [3.63, 3.8) is 0 Å². The monoisotopic (exact) mass is 253 g/mol. The lowest BCUT2D eigenvalue weighted by Crippen LogP contribution is -2.33. The third-order valence-corrected chi connectivity index (χ3v) is 4.66. The zero-order valence-electron chi connectivity index (χ0n) is 9.76. The van der Waals surface area contributed by atoms with E-state index in [1.807, 2.05) is 0 Å². The van der Waals surface area contributed by atoms with Gasteiger partial charge in [0.2, 0.25) is 0 Å². The molecule has 0 aliphatic heterocycles. The predicted octanol–water partition coefficient (Wildman–Crippen LogP) is 3.76. The third kappa shape index (κ3) is 2.34. The van der Waals surface area contributed by atoms with Gasteiger partial charge in [-0.15, -0.1) is 0 Å². The highest BCUT2D eigenvalue weighted by molar-refractivity contribution is 6.31. The summed E-state index contributed by atoms with van der Waals surface area (Å²) in [5.41, 5.74) is 0.996. The molecule has 0 heterocycles. The van der Waals surface area contributed by atoms with Gasteiger partial charge in [-0.05, 0) is 48.8 Å². The van der Waals surface area contributed by atoms with Crippen LogP contribution < -0.4 is 5.32 Å². The van der Waals surface area contributed by atoms with Gasteiger partial charge in [0.1, 0.15) is 5.82 Å². The molecule has 2 aliphatic carbocycles. The molecule has 1 N–H and O–H groups in total. The van der Waals surface area contributed by atoms with Crippen molar-refractivity contribution in [2.45, 2.75) is 38.3 Å². The fraction of sp³-hybridized carbons (Fsp3) is 0.571. The van der Waals surface area contributed by atoms with E-state index in [9.17, 15) is 4.39 Å². The van der Waals surface area contributed by atoms with Crippen LogP contribution in [0.25, 0.3) is 0 Å². The first-order chi connectivity index (χ1) is 8.22. The summed E-state index contributed by atoms with van der Waals surface area (Å²) in [6.07, 6.45) is 5.50. The molecule has 92 valence electrons. The molecule has 2 fully saturated rings. The van der Waals surface area contributed by atoms with Crippen LogP contribution in [0.5, 0.6) is 0 Å². The van der Waals surface area contributed by atoms with Crippen molar-refractivity contribution >= 4 is 11.6 Å². The maximum atomic E-state index is 12.9. The van der Waals surface area contributed by atoms with Crippen LogP contribution in [-0.4, -0.2) is 6.04 Å². The second kappa shape index (κ2) is 4.58. The second-order valence-electron chi connectivity index (χ2n) is 5.40. The van der Waals surface area contributed by atoms with Crippen LogP contribution >= 0.6 is 11.6 Å². The molecule has 3 atom stereocenters. The Morgan fingerprint density at radius 3 is 2.82 bits per heavy atom. The molecule has 2 bridgehead atoms. The highest BCUT2D eigenvalue weighted by Crippen LogP contribution is 2.44. The van der Waals surface area contributed by atoms with Crippen molar-refractivity contribution in [2.24, 2.45) is 11.8 Å². The van der Waals surface area contributed by atoms with Gasteiger partial charge in [0.25, 0.3) is 0 Å². The van der Waals surface area contributed by atoms with E-state index in [1.165, 1.54) is 37.8 Å². The Morgan fingerprint density at radius 1 is 1.29 bits per heavy atom. The van der Waals surface area contributed by atoms with E-state index >= 15 is 0 Å². The fourth-order valence-electron chi connectivity index (χ4n) is 3.40. The minimum atomic E-state index is -0.265. The van der Waals surface area contributed by atoms with Gasteiger partial charge in [0.05, 0.1) is 0 Å². The van der Waals surface area contributed by atoms with Crippen molar-refractivity contribution < 1.29 is 4.39 Å². The summed E-state index contributed by atoms with van der Waals surface area (Å²) in [6, 6.07) is 5.29. The van der Waals surface area contributed by atoms with Crippen LogP contribution in [0.1, 0.15) is 31.2 Å². The first kappa shape index (κ1) is 11.5. The van der Waals surface area contributed by atoms with Crippen LogP contribution in [0.4, 0.5) is 4.39 Å². The molecule has 0 spiro atoms. The molecule has 3 rings (SSSR count). The molecule has 1 aromatic carbocycles. The summed E-state index contributed by atoms with van der Waals surface area (Å²) < 4.78 is 12.9. The normalized spacial score (nSPS) is 31.1. The summed E-state index contributed by atoms with van der Waals surface area (Å²) in [5, 5.41) is 4.11. The van der Waals surface area contributed by atoms with Gasteiger partial charge in [-0.1, -0.05) is 24.1 Å². The molecule has 2 aliphatic rings. The quantitative estimate of drug-likeness (QED) is 0.865. The van der Waals surface area contributed by atoms with Gasteiger partial charge >= 0.3 is 0 Å². The summed E-state index contributed by atoms with van der Waals surface area (Å²) in [6.45, 7) is 0.757. The Balaban J connectivity index is 1.60. The lowest BCUT2D eigenvalue weighted by atomic mass is 9.95. The molecule has 17 heavy (non-hydrogen) atoms. The van der Waals surface area contributed by atoms with E-state index < -0.39 is 0 Å². The van der Waals surface area contributed by atoms with E-state index in [2.05, 4.69) is 5.32 Å². The SMILES string of the molecule is Fc1ccc(CNC2CC3CCC2C3)c(Cl)c1. The molecule has 0 aromatic heterocycles. The lowest BCUT2D eigenvalue weighted by Gasteiger charge is -2.23. The van der Waals surface area contributed by atoms with Crippen molar-refractivity contribution in [3.05, 3.63) is 34.6 Å². The average Bonchev–Trinajstić information content (AvgIpc) is 2.89. The summed E-state index contributed by atoms with van der Waals surface area (Å²) in [4.78, 5) is 0. The summed E-state index contributed by atoms with van der Waals surface area (Å²) in [7, 11) is 0. The molecule has 1 nitrogen and oxygen atoms in total. The number of nitrogens with one attached hydrogen (secondary N) is 1. The number of benzene rings is 1. The van der Waals surface area contributed by atoms with Crippen LogP contribution in [-0.2, 0) is 6.54 Å². The highest BCUT2D eigenvalue weighted by atomic mass is 35.5. The fourth-order valence-corrected chi connectivity index (χ4v) is 3.63.